The predicted molar refractivity (Wildman–Crippen MR) is 10.4 cm³/mol. The zero-order valence-corrected chi connectivity index (χ0v) is 4.21. The quantitative estimate of drug-likeness (QED) is 0.228. The molecule has 0 aliphatic heterocycles. The first-order chi connectivity index (χ1) is 1.73. The summed E-state index contributed by atoms with van der Waals surface area (Å²) in [5.41, 5.74) is 0. The van der Waals surface area contributed by atoms with E-state index in [1.165, 1.54) is 0 Å². The molecular formula is INO3. The van der Waals surface area contributed by atoms with Gasteiger partial charge >= 0.3 is 24.0 Å². The minimum atomic E-state index is -1.75. The van der Waals surface area contributed by atoms with Crippen LogP contribution in [-0.4, -0.2) is 5.09 Å². The summed E-state index contributed by atoms with van der Waals surface area (Å²) in [5.74, 6) is 0. The fraction of sp³-hybridized carbons (Fsp3) is 0. The molecule has 0 rings (SSSR count). The second-order valence-electron chi connectivity index (χ2n) is 0.224. The van der Waals surface area contributed by atoms with E-state index >= 15 is 0 Å². The van der Waals surface area contributed by atoms with Gasteiger partial charge in [-0.05, 0) is 0 Å². The summed E-state index contributed by atoms with van der Waals surface area (Å²) >= 11 is 0. The van der Waals surface area contributed by atoms with Crippen molar-refractivity contribution in [3.05, 3.63) is 15.3 Å². The van der Waals surface area contributed by atoms with Crippen LogP contribution in [0.4, 0.5) is 0 Å². The Bertz CT molecular complexity index is 29.9. The van der Waals surface area contributed by atoms with Crippen molar-refractivity contribution in [3.63, 3.8) is 0 Å². The van der Waals surface area contributed by atoms with Crippen LogP contribution in [0.3, 0.4) is 0 Å². The molecule has 0 heterocycles. The van der Waals surface area contributed by atoms with Crippen molar-refractivity contribution < 1.29 is 29.1 Å². The maximum absolute atomic E-state index is 8.25. The Kier molecular flexibility index (Phi) is 6.97. The highest BCUT2D eigenvalue weighted by atomic mass is 127. The van der Waals surface area contributed by atoms with Gasteiger partial charge in [0.05, 0.1) is 5.09 Å². The van der Waals surface area contributed by atoms with E-state index in [2.05, 4.69) is 0 Å². The minimum absolute atomic E-state index is 0. The fourth-order valence-corrected chi connectivity index (χ4v) is 0. The van der Waals surface area contributed by atoms with Gasteiger partial charge in [-0.3, -0.25) is 0 Å². The van der Waals surface area contributed by atoms with E-state index in [9.17, 15) is 0 Å². The van der Waals surface area contributed by atoms with Crippen molar-refractivity contribution in [1.82, 2.24) is 0 Å². The lowest BCUT2D eigenvalue weighted by Crippen LogP contribution is -3.00. The van der Waals surface area contributed by atoms with Crippen molar-refractivity contribution in [2.75, 3.05) is 0 Å². The monoisotopic (exact) mass is 189 g/mol. The molecule has 0 saturated heterocycles. The van der Waals surface area contributed by atoms with Crippen LogP contribution >= 0.6 is 0 Å². The molecule has 0 N–H and O–H groups in total. The van der Waals surface area contributed by atoms with Crippen molar-refractivity contribution in [2.45, 2.75) is 0 Å². The van der Waals surface area contributed by atoms with Crippen LogP contribution in [0.5, 0.6) is 0 Å². The van der Waals surface area contributed by atoms with Gasteiger partial charge in [0, 0.05) is 0 Å². The van der Waals surface area contributed by atoms with Gasteiger partial charge < -0.3 is 15.3 Å². The van der Waals surface area contributed by atoms with Gasteiger partial charge in [-0.1, -0.05) is 0 Å². The van der Waals surface area contributed by atoms with Crippen LogP contribution in [0.15, 0.2) is 0 Å². The van der Waals surface area contributed by atoms with Gasteiger partial charge in [-0.2, -0.15) is 0 Å². The molecule has 4 nitrogen and oxygen atoms in total. The second-order valence-corrected chi connectivity index (χ2v) is 0.224. The van der Waals surface area contributed by atoms with Crippen LogP contribution in [0.25, 0.3) is 0 Å². The van der Waals surface area contributed by atoms with Gasteiger partial charge in [0.25, 0.3) is 0 Å². The first kappa shape index (κ1) is 8.87. The Morgan fingerprint density at radius 2 is 1.40 bits per heavy atom. The zero-order valence-electron chi connectivity index (χ0n) is 2.05. The Morgan fingerprint density at radius 1 is 1.40 bits per heavy atom. The lowest BCUT2D eigenvalue weighted by molar-refractivity contribution is -0.402. The number of rotatable bonds is 0. The minimum Gasteiger partial charge on any atom is -0.356 e. The molecule has 0 aromatic rings. The highest BCUT2D eigenvalue weighted by Crippen LogP contribution is 1.44. The number of halogens is 1. The molecule has 0 bridgehead atoms. The average Bonchev–Trinajstić information content (AvgIpc) is 0.811. The van der Waals surface area contributed by atoms with Crippen LogP contribution in [0.2, 0.25) is 0 Å². The van der Waals surface area contributed by atoms with Crippen molar-refractivity contribution >= 4 is 0 Å². The first-order valence-electron chi connectivity index (χ1n) is 0.548. The van der Waals surface area contributed by atoms with Gasteiger partial charge in [-0.15, -0.1) is 0 Å². The van der Waals surface area contributed by atoms with Gasteiger partial charge in [-0.25, -0.2) is 0 Å². The summed E-state index contributed by atoms with van der Waals surface area (Å²) in [6.45, 7) is 0. The molecule has 0 unspecified atom stereocenters. The maximum atomic E-state index is 8.25. The van der Waals surface area contributed by atoms with Gasteiger partial charge in [0.15, 0.2) is 0 Å². The molecule has 0 spiro atoms. The summed E-state index contributed by atoms with van der Waals surface area (Å²) in [7, 11) is 0. The number of hydrogen-bond donors (Lipinski definition) is 0. The van der Waals surface area contributed by atoms with E-state index < -0.39 is 5.09 Å². The second kappa shape index (κ2) is 3.93. The molecule has 5 heteroatoms. The third-order valence-corrected chi connectivity index (χ3v) is 0. The molecule has 0 saturated carbocycles. The van der Waals surface area contributed by atoms with Crippen LogP contribution in [-0.2, 0) is 0 Å². The zero-order chi connectivity index (χ0) is 3.58. The van der Waals surface area contributed by atoms with Gasteiger partial charge in [0.1, 0.15) is 0 Å². The van der Waals surface area contributed by atoms with Crippen LogP contribution < -0.4 is 24.0 Å². The van der Waals surface area contributed by atoms with E-state index in [-0.39, 0.29) is 24.0 Å². The maximum Gasteiger partial charge on any atom is 1.00 e. The van der Waals surface area contributed by atoms with E-state index in [0.717, 1.165) is 0 Å². The van der Waals surface area contributed by atoms with Crippen molar-refractivity contribution in [3.8, 4) is 0 Å². The summed E-state index contributed by atoms with van der Waals surface area (Å²) in [4.78, 5) is 8.25. The van der Waals surface area contributed by atoms with E-state index in [0.29, 0.717) is 0 Å². The molecule has 5 heavy (non-hydrogen) atoms. The third kappa shape index (κ3) is 2990. The molecular weight excluding hydrogens is 189 g/mol. The molecule has 0 fully saturated rings. The third-order valence-electron chi connectivity index (χ3n) is 0. The summed E-state index contributed by atoms with van der Waals surface area (Å²) in [6.07, 6.45) is 0. The Balaban J connectivity index is 0. The molecule has 0 aliphatic rings. The van der Waals surface area contributed by atoms with Gasteiger partial charge in [0.2, 0.25) is 0 Å². The molecule has 0 aromatic heterocycles. The number of hydrogen-bond acceptors (Lipinski definition) is 3. The standard InChI is InChI=1S/I.NO3/c;2-1(3)4/q+1;-1. The Hall–Kier alpha value is -0.0700. The summed E-state index contributed by atoms with van der Waals surface area (Å²) in [6, 6.07) is 0. The smallest absolute Gasteiger partial charge is 0.356 e. The highest BCUT2D eigenvalue weighted by molar-refractivity contribution is 4.03. The summed E-state index contributed by atoms with van der Waals surface area (Å²) in [5, 5.41) is 14.8. The molecule has 30 valence electrons. The average molecular weight is 189 g/mol. The molecule has 0 aromatic carbocycles. The Morgan fingerprint density at radius 3 is 1.40 bits per heavy atom. The van der Waals surface area contributed by atoms with Crippen molar-refractivity contribution in [1.29, 1.82) is 0 Å². The van der Waals surface area contributed by atoms with E-state index in [1.807, 2.05) is 0 Å². The van der Waals surface area contributed by atoms with E-state index in [4.69, 9.17) is 15.3 Å². The normalized spacial score (nSPS) is 4.80. The lowest BCUT2D eigenvalue weighted by atomic mass is 13.1. The van der Waals surface area contributed by atoms with Crippen LogP contribution in [0, 0.1) is 15.3 Å². The fourth-order valence-electron chi connectivity index (χ4n) is 0. The lowest BCUT2D eigenvalue weighted by Gasteiger charge is -1.74. The van der Waals surface area contributed by atoms with Crippen LogP contribution in [0.1, 0.15) is 0 Å². The SMILES string of the molecule is O=[N+]([O-])[O-].[I+]. The Labute approximate surface area is 44.9 Å². The molecule has 0 atom stereocenters. The molecule has 0 aliphatic carbocycles. The molecule has 0 amide bonds. The predicted octanol–water partition coefficient (Wildman–Crippen LogP) is -3.24. The van der Waals surface area contributed by atoms with Crippen molar-refractivity contribution in [2.24, 2.45) is 0 Å². The molecule has 2 radical (unpaired) electrons. The topological polar surface area (TPSA) is 66.2 Å². The van der Waals surface area contributed by atoms with E-state index in [1.54, 1.807) is 0 Å². The highest BCUT2D eigenvalue weighted by Gasteiger charge is 1.45. The summed E-state index contributed by atoms with van der Waals surface area (Å²) < 4.78 is 0. The number of nitrogens with zero attached hydrogens (tertiary/aromatic N) is 1. The largest absolute Gasteiger partial charge is 1.00 e. The first-order valence-corrected chi connectivity index (χ1v) is 0.548.